The Balaban J connectivity index is 1.71. The maximum absolute atomic E-state index is 12.0. The summed E-state index contributed by atoms with van der Waals surface area (Å²) in [4.78, 5) is 5.88. The molecule has 5 nitrogen and oxygen atoms in total. The van der Waals surface area contributed by atoms with Gasteiger partial charge < -0.3 is 0 Å². The van der Waals surface area contributed by atoms with E-state index in [0.29, 0.717) is 5.41 Å². The Kier molecular flexibility index (Phi) is 3.89. The van der Waals surface area contributed by atoms with E-state index in [2.05, 4.69) is 27.9 Å². The highest BCUT2D eigenvalue weighted by atomic mass is 32.2. The van der Waals surface area contributed by atoms with Crippen LogP contribution in [0.2, 0.25) is 0 Å². The van der Waals surface area contributed by atoms with E-state index in [4.69, 9.17) is 0 Å². The summed E-state index contributed by atoms with van der Waals surface area (Å²) in [5.41, 5.74) is 1.46. The van der Waals surface area contributed by atoms with Gasteiger partial charge in [0.05, 0.1) is 12.2 Å². The average Bonchev–Trinajstić information content (AvgIpc) is 3.04. The van der Waals surface area contributed by atoms with Crippen LogP contribution in [0.5, 0.6) is 0 Å². The van der Waals surface area contributed by atoms with E-state index in [1.54, 1.807) is 11.3 Å². The number of nitrogens with one attached hydrogen (secondary N) is 1. The fourth-order valence-corrected chi connectivity index (χ4v) is 5.56. The molecule has 0 aliphatic heterocycles. The zero-order valence-electron chi connectivity index (χ0n) is 11.9. The number of aromatic nitrogens is 2. The lowest BCUT2D eigenvalue weighted by Crippen LogP contribution is -2.22. The molecule has 1 aliphatic rings. The molecule has 0 aromatic carbocycles. The van der Waals surface area contributed by atoms with E-state index in [0.717, 1.165) is 41.5 Å². The molecule has 21 heavy (non-hydrogen) atoms. The lowest BCUT2D eigenvalue weighted by Gasteiger charge is -2.28. The summed E-state index contributed by atoms with van der Waals surface area (Å²) >= 11 is 2.60. The molecule has 8 heteroatoms. The molecule has 1 N–H and O–H groups in total. The van der Waals surface area contributed by atoms with Gasteiger partial charge in [0.2, 0.25) is 0 Å². The lowest BCUT2D eigenvalue weighted by atomic mass is 9.79. The Morgan fingerprint density at radius 3 is 2.95 bits per heavy atom. The summed E-state index contributed by atoms with van der Waals surface area (Å²) in [5, 5.41) is 0.839. The van der Waals surface area contributed by atoms with Gasteiger partial charge in [0, 0.05) is 11.1 Å². The summed E-state index contributed by atoms with van der Waals surface area (Å²) in [6.45, 7) is 4.78. The molecule has 0 unspecified atom stereocenters. The van der Waals surface area contributed by atoms with Gasteiger partial charge in [0.1, 0.15) is 5.01 Å². The largest absolute Gasteiger partial charge is 0.252 e. The molecule has 0 saturated carbocycles. The zero-order valence-corrected chi connectivity index (χ0v) is 14.4. The summed E-state index contributed by atoms with van der Waals surface area (Å²) in [6.07, 6.45) is 4.64. The van der Waals surface area contributed by atoms with E-state index < -0.39 is 10.0 Å². The molecule has 0 bridgehead atoms. The zero-order chi connectivity index (χ0) is 15.1. The van der Waals surface area contributed by atoms with Crippen molar-refractivity contribution in [2.75, 3.05) is 0 Å². The molecule has 0 radical (unpaired) electrons. The first-order valence-corrected chi connectivity index (χ1v) is 9.81. The van der Waals surface area contributed by atoms with Crippen molar-refractivity contribution < 1.29 is 8.42 Å². The van der Waals surface area contributed by atoms with Crippen LogP contribution in [0.25, 0.3) is 0 Å². The summed E-state index contributed by atoms with van der Waals surface area (Å²) in [7, 11) is -3.47. The number of aryl methyl sites for hydroxylation is 1. The van der Waals surface area contributed by atoms with Crippen LogP contribution in [0.15, 0.2) is 16.5 Å². The fourth-order valence-electron chi connectivity index (χ4n) is 2.40. The first kappa shape index (κ1) is 15.1. The number of nitrogens with zero attached hydrogens (tertiary/aromatic N) is 2. The van der Waals surface area contributed by atoms with Crippen LogP contribution < -0.4 is 4.72 Å². The molecule has 0 amide bonds. The van der Waals surface area contributed by atoms with Crippen molar-refractivity contribution in [2.24, 2.45) is 5.41 Å². The normalized spacial score (nSPS) is 17.6. The maximum atomic E-state index is 12.0. The Hall–Kier alpha value is -0.830. The van der Waals surface area contributed by atoms with Gasteiger partial charge in [-0.05, 0) is 42.3 Å². The monoisotopic (exact) mass is 343 g/mol. The van der Waals surface area contributed by atoms with Gasteiger partial charge in [-0.15, -0.1) is 11.3 Å². The number of thiazole rings is 1. The molecule has 3 rings (SSSR count). The van der Waals surface area contributed by atoms with E-state index in [-0.39, 0.29) is 10.8 Å². The van der Waals surface area contributed by atoms with Crippen LogP contribution in [-0.2, 0) is 29.4 Å². The minimum atomic E-state index is -3.47. The highest BCUT2D eigenvalue weighted by Gasteiger charge is 2.28. The first-order chi connectivity index (χ1) is 9.86. The van der Waals surface area contributed by atoms with Crippen molar-refractivity contribution in [1.29, 1.82) is 0 Å². The van der Waals surface area contributed by atoms with Gasteiger partial charge in [-0.2, -0.15) is 4.37 Å². The molecule has 0 atom stereocenters. The number of hydrogen-bond donors (Lipinski definition) is 1. The molecule has 114 valence electrons. The lowest BCUT2D eigenvalue weighted by molar-refractivity contribution is 0.316. The Morgan fingerprint density at radius 1 is 1.43 bits per heavy atom. The fraction of sp³-hybridized carbons (Fsp3) is 0.538. The average molecular weight is 343 g/mol. The topological polar surface area (TPSA) is 72.0 Å². The molecule has 2 aromatic heterocycles. The highest BCUT2D eigenvalue weighted by molar-refractivity contribution is 7.91. The van der Waals surface area contributed by atoms with E-state index >= 15 is 0 Å². The third-order valence-corrected chi connectivity index (χ3v) is 7.31. The molecule has 2 aromatic rings. The quantitative estimate of drug-likeness (QED) is 0.926. The molecular weight excluding hydrogens is 326 g/mol. The van der Waals surface area contributed by atoms with Gasteiger partial charge in [-0.3, -0.25) is 0 Å². The van der Waals surface area contributed by atoms with Crippen LogP contribution in [0.1, 0.15) is 35.8 Å². The number of hydrogen-bond acceptors (Lipinski definition) is 6. The molecule has 0 spiro atoms. The third-order valence-electron chi connectivity index (χ3n) is 3.59. The SMILES string of the molecule is CC1(C)CCc2nc(CNS(=O)(=O)c3ccns3)sc2C1. The molecule has 1 aliphatic carbocycles. The minimum Gasteiger partial charge on any atom is -0.245 e. The Morgan fingerprint density at radius 2 is 2.24 bits per heavy atom. The van der Waals surface area contributed by atoms with Crippen molar-refractivity contribution in [2.45, 2.75) is 43.9 Å². The smallest absolute Gasteiger partial charge is 0.245 e. The van der Waals surface area contributed by atoms with Gasteiger partial charge >= 0.3 is 0 Å². The second-order valence-corrected chi connectivity index (χ2v) is 9.97. The van der Waals surface area contributed by atoms with Crippen molar-refractivity contribution in [3.63, 3.8) is 0 Å². The van der Waals surface area contributed by atoms with Crippen molar-refractivity contribution in [1.82, 2.24) is 14.1 Å². The molecular formula is C13H17N3O2S3. The molecule has 0 fully saturated rings. The third kappa shape index (κ3) is 3.33. The van der Waals surface area contributed by atoms with Crippen LogP contribution in [0, 0.1) is 5.41 Å². The van der Waals surface area contributed by atoms with Gasteiger partial charge in [-0.1, -0.05) is 13.8 Å². The number of sulfonamides is 1. The van der Waals surface area contributed by atoms with E-state index in [9.17, 15) is 8.42 Å². The predicted molar refractivity (Wildman–Crippen MR) is 84.1 cm³/mol. The number of fused-ring (bicyclic) bond motifs is 1. The summed E-state index contributed by atoms with van der Waals surface area (Å²) in [5.74, 6) is 0. The maximum Gasteiger partial charge on any atom is 0.252 e. The van der Waals surface area contributed by atoms with Crippen molar-refractivity contribution >= 4 is 32.9 Å². The minimum absolute atomic E-state index is 0.241. The van der Waals surface area contributed by atoms with Gasteiger partial charge in [0.25, 0.3) is 10.0 Å². The Bertz CT molecular complexity index is 733. The molecule has 2 heterocycles. The summed E-state index contributed by atoms with van der Waals surface area (Å²) < 4.78 is 30.8. The van der Waals surface area contributed by atoms with E-state index in [1.807, 2.05) is 0 Å². The van der Waals surface area contributed by atoms with E-state index in [1.165, 1.54) is 17.1 Å². The highest BCUT2D eigenvalue weighted by Crippen LogP contribution is 2.37. The van der Waals surface area contributed by atoms with Crippen LogP contribution in [-0.4, -0.2) is 17.8 Å². The van der Waals surface area contributed by atoms with Crippen LogP contribution in [0.4, 0.5) is 0 Å². The predicted octanol–water partition coefficient (Wildman–Crippen LogP) is 2.59. The van der Waals surface area contributed by atoms with Crippen LogP contribution >= 0.6 is 22.9 Å². The molecule has 0 saturated heterocycles. The van der Waals surface area contributed by atoms with Gasteiger partial charge in [-0.25, -0.2) is 18.1 Å². The second-order valence-electron chi connectivity index (χ2n) is 5.97. The van der Waals surface area contributed by atoms with Gasteiger partial charge in [0.15, 0.2) is 4.21 Å². The second kappa shape index (κ2) is 5.42. The Labute approximate surface area is 132 Å². The summed E-state index contributed by atoms with van der Waals surface area (Å²) in [6, 6.07) is 1.50. The van der Waals surface area contributed by atoms with Crippen molar-refractivity contribution in [3.8, 4) is 0 Å². The van der Waals surface area contributed by atoms with Crippen LogP contribution in [0.3, 0.4) is 0 Å². The first-order valence-electron chi connectivity index (χ1n) is 6.74. The standard InChI is InChI=1S/C13H17N3O2S3/c1-13(2)5-3-9-10(7-13)19-11(16-9)8-15-21(17,18)12-4-6-14-20-12/h4,6,15H,3,5,7-8H2,1-2H3. The number of rotatable bonds is 4. The van der Waals surface area contributed by atoms with Crippen molar-refractivity contribution in [3.05, 3.63) is 27.8 Å².